The van der Waals surface area contributed by atoms with Crippen molar-refractivity contribution in [3.8, 4) is 0 Å². The second kappa shape index (κ2) is 7.69. The van der Waals surface area contributed by atoms with Crippen LogP contribution in [0, 0.1) is 11.6 Å². The molecule has 1 N–H and O–H groups in total. The molecule has 1 unspecified atom stereocenters. The summed E-state index contributed by atoms with van der Waals surface area (Å²) in [6.07, 6.45) is 2.52. The lowest BCUT2D eigenvalue weighted by atomic mass is 10.0. The lowest BCUT2D eigenvalue weighted by Crippen LogP contribution is -2.52. The zero-order chi connectivity index (χ0) is 19.6. The molecular weight excluding hydrogens is 356 g/mol. The maximum absolute atomic E-state index is 13.9. The Bertz CT molecular complexity index is 942. The molecule has 0 spiro atoms. The summed E-state index contributed by atoms with van der Waals surface area (Å²) in [4.78, 5) is 37.9. The molecular formula is C19H19F2N3O3. The number of nitrogens with zero attached hydrogens (tertiary/aromatic N) is 2. The fourth-order valence-electron chi connectivity index (χ4n) is 3.06. The number of benzene rings is 1. The topological polar surface area (TPSA) is 71.4 Å². The number of halogens is 2. The first kappa shape index (κ1) is 18.8. The number of hydrogen-bond donors (Lipinski definition) is 1. The van der Waals surface area contributed by atoms with E-state index < -0.39 is 23.6 Å². The van der Waals surface area contributed by atoms with Crippen molar-refractivity contribution in [1.29, 1.82) is 0 Å². The van der Waals surface area contributed by atoms with Crippen molar-refractivity contribution in [2.24, 2.45) is 7.05 Å². The number of likely N-dealkylation sites (tertiary alicyclic amines) is 1. The van der Waals surface area contributed by atoms with Crippen molar-refractivity contribution < 1.29 is 18.4 Å². The Hall–Kier alpha value is -3.03. The van der Waals surface area contributed by atoms with E-state index in [-0.39, 0.29) is 29.1 Å². The number of aryl methyl sites for hydroxylation is 1. The van der Waals surface area contributed by atoms with E-state index in [1.807, 2.05) is 0 Å². The molecule has 0 aliphatic carbocycles. The summed E-state index contributed by atoms with van der Waals surface area (Å²) in [5, 5.41) is 2.67. The Labute approximate surface area is 154 Å². The second-order valence-electron chi connectivity index (χ2n) is 6.53. The number of carbonyl (C=O) groups is 2. The third kappa shape index (κ3) is 4.21. The van der Waals surface area contributed by atoms with Crippen molar-refractivity contribution in [1.82, 2.24) is 14.8 Å². The van der Waals surface area contributed by atoms with Crippen LogP contribution in [-0.2, 0) is 18.4 Å². The van der Waals surface area contributed by atoms with Crippen molar-refractivity contribution in [2.75, 3.05) is 6.54 Å². The van der Waals surface area contributed by atoms with Gasteiger partial charge in [-0.25, -0.2) is 8.78 Å². The lowest BCUT2D eigenvalue weighted by molar-refractivity contribution is -0.136. The molecule has 2 aromatic rings. The predicted octanol–water partition coefficient (Wildman–Crippen LogP) is 1.58. The van der Waals surface area contributed by atoms with Gasteiger partial charge < -0.3 is 14.8 Å². The summed E-state index contributed by atoms with van der Waals surface area (Å²) >= 11 is 0. The quantitative estimate of drug-likeness (QED) is 0.882. The number of amides is 2. The Morgan fingerprint density at radius 3 is 2.70 bits per heavy atom. The maximum atomic E-state index is 13.9. The zero-order valence-electron chi connectivity index (χ0n) is 14.7. The molecule has 2 amide bonds. The standard InChI is InChI=1S/C19H19F2N3O3/c1-23-10-13(5-7-17(23)25)18(26)22-16-3-2-8-24(19(16)27)11-12-4-6-14(20)9-15(12)21/h4-7,9-10,16H,2-3,8,11H2,1H3,(H,22,26). The molecule has 27 heavy (non-hydrogen) atoms. The molecule has 1 aliphatic rings. The van der Waals surface area contributed by atoms with E-state index in [1.54, 1.807) is 0 Å². The van der Waals surface area contributed by atoms with Crippen LogP contribution in [0.2, 0.25) is 0 Å². The fraction of sp³-hybridized carbons (Fsp3) is 0.316. The van der Waals surface area contributed by atoms with Crippen LogP contribution in [0.15, 0.2) is 41.3 Å². The van der Waals surface area contributed by atoms with E-state index in [9.17, 15) is 23.2 Å². The lowest BCUT2D eigenvalue weighted by Gasteiger charge is -2.32. The number of hydrogen-bond acceptors (Lipinski definition) is 3. The van der Waals surface area contributed by atoms with Crippen molar-refractivity contribution >= 4 is 11.8 Å². The van der Waals surface area contributed by atoms with Crippen LogP contribution < -0.4 is 10.9 Å². The molecule has 1 atom stereocenters. The SMILES string of the molecule is Cn1cc(C(=O)NC2CCCN(Cc3ccc(F)cc3F)C2=O)ccc1=O. The Balaban J connectivity index is 1.69. The predicted molar refractivity (Wildman–Crippen MR) is 93.9 cm³/mol. The van der Waals surface area contributed by atoms with E-state index in [1.165, 1.54) is 40.9 Å². The van der Waals surface area contributed by atoms with E-state index in [0.717, 1.165) is 12.1 Å². The first-order valence-corrected chi connectivity index (χ1v) is 8.55. The van der Waals surface area contributed by atoms with Crippen LogP contribution in [0.1, 0.15) is 28.8 Å². The molecule has 1 aromatic carbocycles. The summed E-state index contributed by atoms with van der Waals surface area (Å²) in [5.41, 5.74) is 0.245. The Morgan fingerprint density at radius 1 is 1.22 bits per heavy atom. The van der Waals surface area contributed by atoms with Crippen LogP contribution in [0.25, 0.3) is 0 Å². The number of pyridine rings is 1. The van der Waals surface area contributed by atoms with E-state index in [2.05, 4.69) is 5.32 Å². The van der Waals surface area contributed by atoms with Gasteiger partial charge in [-0.3, -0.25) is 14.4 Å². The van der Waals surface area contributed by atoms with Gasteiger partial charge in [-0.15, -0.1) is 0 Å². The first-order valence-electron chi connectivity index (χ1n) is 8.55. The molecule has 8 heteroatoms. The van der Waals surface area contributed by atoms with Crippen LogP contribution >= 0.6 is 0 Å². The molecule has 1 aliphatic heterocycles. The molecule has 0 saturated carbocycles. The molecule has 1 aromatic heterocycles. The van der Waals surface area contributed by atoms with Gasteiger partial charge in [-0.05, 0) is 25.0 Å². The molecule has 0 bridgehead atoms. The number of aromatic nitrogens is 1. The molecule has 2 heterocycles. The molecule has 142 valence electrons. The fourth-order valence-corrected chi connectivity index (χ4v) is 3.06. The highest BCUT2D eigenvalue weighted by molar-refractivity contribution is 5.97. The molecule has 0 radical (unpaired) electrons. The monoisotopic (exact) mass is 375 g/mol. The minimum absolute atomic E-state index is 0.0111. The summed E-state index contributed by atoms with van der Waals surface area (Å²) in [6.45, 7) is 0.443. The van der Waals surface area contributed by atoms with E-state index in [0.29, 0.717) is 19.4 Å². The summed E-state index contributed by atoms with van der Waals surface area (Å²) < 4.78 is 28.2. The zero-order valence-corrected chi connectivity index (χ0v) is 14.7. The van der Waals surface area contributed by atoms with E-state index in [4.69, 9.17) is 0 Å². The first-order chi connectivity index (χ1) is 12.8. The molecule has 6 nitrogen and oxygen atoms in total. The number of nitrogens with one attached hydrogen (secondary N) is 1. The third-order valence-corrected chi connectivity index (χ3v) is 4.56. The number of carbonyl (C=O) groups excluding carboxylic acids is 2. The van der Waals surface area contributed by atoms with Gasteiger partial charge in [0.2, 0.25) is 11.5 Å². The average Bonchev–Trinajstić information content (AvgIpc) is 2.62. The van der Waals surface area contributed by atoms with Crippen LogP contribution in [0.5, 0.6) is 0 Å². The van der Waals surface area contributed by atoms with Crippen LogP contribution in [-0.4, -0.2) is 33.9 Å². The smallest absolute Gasteiger partial charge is 0.253 e. The molecule has 3 rings (SSSR count). The van der Waals surface area contributed by atoms with Crippen LogP contribution in [0.4, 0.5) is 8.78 Å². The highest BCUT2D eigenvalue weighted by atomic mass is 19.1. The highest BCUT2D eigenvalue weighted by Crippen LogP contribution is 2.18. The largest absolute Gasteiger partial charge is 0.340 e. The number of rotatable bonds is 4. The minimum Gasteiger partial charge on any atom is -0.340 e. The Kier molecular flexibility index (Phi) is 5.34. The normalized spacial score (nSPS) is 17.1. The van der Waals surface area contributed by atoms with E-state index >= 15 is 0 Å². The number of piperidine rings is 1. The minimum atomic E-state index is -0.730. The van der Waals surface area contributed by atoms with Crippen molar-refractivity contribution in [3.05, 3.63) is 69.6 Å². The maximum Gasteiger partial charge on any atom is 0.253 e. The highest BCUT2D eigenvalue weighted by Gasteiger charge is 2.30. The van der Waals surface area contributed by atoms with Gasteiger partial charge in [0, 0.05) is 44.0 Å². The van der Waals surface area contributed by atoms with Crippen LogP contribution in [0.3, 0.4) is 0 Å². The molecule has 1 fully saturated rings. The Morgan fingerprint density at radius 2 is 2.00 bits per heavy atom. The second-order valence-corrected chi connectivity index (χ2v) is 6.53. The summed E-state index contributed by atoms with van der Waals surface area (Å²) in [5.74, 6) is -2.16. The molecule has 1 saturated heterocycles. The van der Waals surface area contributed by atoms with Crippen molar-refractivity contribution in [3.63, 3.8) is 0 Å². The van der Waals surface area contributed by atoms with Gasteiger partial charge in [0.1, 0.15) is 17.7 Å². The summed E-state index contributed by atoms with van der Waals surface area (Å²) in [7, 11) is 1.53. The van der Waals surface area contributed by atoms with Gasteiger partial charge in [-0.2, -0.15) is 0 Å². The van der Waals surface area contributed by atoms with Gasteiger partial charge in [0.05, 0.1) is 5.56 Å². The van der Waals surface area contributed by atoms with Gasteiger partial charge >= 0.3 is 0 Å². The summed E-state index contributed by atoms with van der Waals surface area (Å²) in [6, 6.07) is 5.18. The average molecular weight is 375 g/mol. The third-order valence-electron chi connectivity index (χ3n) is 4.56. The van der Waals surface area contributed by atoms with Gasteiger partial charge in [0.15, 0.2) is 0 Å². The van der Waals surface area contributed by atoms with Gasteiger partial charge in [-0.1, -0.05) is 6.07 Å². The van der Waals surface area contributed by atoms with Crippen molar-refractivity contribution in [2.45, 2.75) is 25.4 Å². The van der Waals surface area contributed by atoms with Gasteiger partial charge in [0.25, 0.3) is 5.91 Å².